The molecule has 0 spiro atoms. The molecular weight excluding hydrogens is 691 g/mol. The Morgan fingerprint density at radius 3 is 1.79 bits per heavy atom. The lowest BCUT2D eigenvalue weighted by Gasteiger charge is -2.41. The van der Waals surface area contributed by atoms with Gasteiger partial charge in [-0.3, -0.25) is 0 Å². The second-order valence-corrected chi connectivity index (χ2v) is 18.7. The van der Waals surface area contributed by atoms with Gasteiger partial charge < -0.3 is 14.5 Å². The van der Waals surface area contributed by atoms with Gasteiger partial charge in [0, 0.05) is 39.5 Å². The third kappa shape index (κ3) is 5.56. The molecule has 3 nitrogen and oxygen atoms in total. The lowest BCUT2D eigenvalue weighted by molar-refractivity contribution is 0.487. The highest BCUT2D eigenvalue weighted by Crippen LogP contribution is 2.52. The largest absolute Gasteiger partial charge is 0.458 e. The summed E-state index contributed by atoms with van der Waals surface area (Å²) in [5.41, 5.74) is 18.5. The third-order valence-electron chi connectivity index (χ3n) is 12.6. The summed E-state index contributed by atoms with van der Waals surface area (Å²) in [7, 11) is 0. The van der Waals surface area contributed by atoms with E-state index in [1.807, 2.05) is 0 Å². The summed E-state index contributed by atoms with van der Waals surface area (Å²) in [6.45, 7) is 18.6. The fraction of sp³-hybridized carbons (Fsp3) is 0.208. The number of rotatable bonds is 4. The monoisotopic (exact) mass is 740 g/mol. The van der Waals surface area contributed by atoms with Gasteiger partial charge in [-0.05, 0) is 133 Å². The Hall–Kier alpha value is -6.00. The van der Waals surface area contributed by atoms with Crippen LogP contribution in [0.3, 0.4) is 0 Å². The van der Waals surface area contributed by atoms with Gasteiger partial charge >= 0.3 is 0 Å². The van der Waals surface area contributed by atoms with Crippen LogP contribution in [-0.4, -0.2) is 6.71 Å². The van der Waals surface area contributed by atoms with Gasteiger partial charge in [0.25, 0.3) is 6.71 Å². The van der Waals surface area contributed by atoms with Crippen LogP contribution in [0.2, 0.25) is 0 Å². The average Bonchev–Trinajstić information content (AvgIpc) is 3.41. The molecule has 0 unspecified atom stereocenters. The van der Waals surface area contributed by atoms with E-state index in [4.69, 9.17) is 4.74 Å². The number of ether oxygens (including phenoxy) is 1. The van der Waals surface area contributed by atoms with Crippen molar-refractivity contribution >= 4 is 57.2 Å². The summed E-state index contributed by atoms with van der Waals surface area (Å²) in [4.78, 5) is 4.82. The summed E-state index contributed by atoms with van der Waals surface area (Å²) in [6, 6.07) is 56.1. The van der Waals surface area contributed by atoms with Gasteiger partial charge in [0.1, 0.15) is 11.5 Å². The minimum absolute atomic E-state index is 0.00529. The second kappa shape index (κ2) is 12.5. The first-order chi connectivity index (χ1) is 27.3. The molecule has 4 heteroatoms. The van der Waals surface area contributed by atoms with Crippen LogP contribution in [0, 0.1) is 0 Å². The van der Waals surface area contributed by atoms with Gasteiger partial charge in [0.05, 0.1) is 0 Å². The summed E-state index contributed by atoms with van der Waals surface area (Å²) in [6.07, 6.45) is 0. The van der Waals surface area contributed by atoms with Crippen molar-refractivity contribution in [3.05, 3.63) is 174 Å². The highest BCUT2D eigenvalue weighted by atomic mass is 16.5. The molecule has 1 aliphatic carbocycles. The van der Waals surface area contributed by atoms with Crippen LogP contribution in [0.25, 0.3) is 11.1 Å². The van der Waals surface area contributed by atoms with E-state index in [-0.39, 0.29) is 23.0 Å². The Morgan fingerprint density at radius 2 is 1.14 bits per heavy atom. The van der Waals surface area contributed by atoms with Gasteiger partial charge in [0.2, 0.25) is 0 Å². The second-order valence-electron chi connectivity index (χ2n) is 18.7. The molecule has 0 saturated carbocycles. The number of hydrogen-bond donors (Lipinski definition) is 0. The fourth-order valence-corrected chi connectivity index (χ4v) is 9.50. The predicted molar refractivity (Wildman–Crippen MR) is 242 cm³/mol. The normalized spacial score (nSPS) is 14.5. The molecule has 57 heavy (non-hydrogen) atoms. The zero-order chi connectivity index (χ0) is 39.4. The van der Waals surface area contributed by atoms with Crippen molar-refractivity contribution in [1.82, 2.24) is 0 Å². The fourth-order valence-electron chi connectivity index (χ4n) is 9.50. The van der Waals surface area contributed by atoms with Crippen molar-refractivity contribution in [2.45, 2.75) is 71.6 Å². The molecule has 0 N–H and O–H groups in total. The van der Waals surface area contributed by atoms with Crippen molar-refractivity contribution in [2.75, 3.05) is 9.80 Å². The predicted octanol–water partition coefficient (Wildman–Crippen LogP) is 12.5. The summed E-state index contributed by atoms with van der Waals surface area (Å²) < 4.78 is 7.04. The highest BCUT2D eigenvalue weighted by Gasteiger charge is 2.45. The topological polar surface area (TPSA) is 15.7 Å². The minimum Gasteiger partial charge on any atom is -0.458 e. The minimum atomic E-state index is -0.236. The summed E-state index contributed by atoms with van der Waals surface area (Å²) >= 11 is 0. The van der Waals surface area contributed by atoms with Crippen LogP contribution >= 0.6 is 0 Å². The maximum absolute atomic E-state index is 7.04. The summed E-state index contributed by atoms with van der Waals surface area (Å²) in [5.74, 6) is 1.88. The molecule has 0 radical (unpaired) electrons. The van der Waals surface area contributed by atoms with Crippen LogP contribution < -0.4 is 30.9 Å². The molecule has 10 rings (SSSR count). The standard InChI is InChI=1S/C53H49BN2O/c1-51(2,3)34-22-25-38(26-23-34)56-46-29-24-35(52(4,5)6)30-44(46)54-45-33-43-41(32-49(45)57-48-21-15-20-47(56)50(48)54)40-28-27-39(31-42(40)53(43,7)8)55(36-16-11-9-12-17-36)37-18-13-10-14-19-37/h9-33H,1-8H3. The summed E-state index contributed by atoms with van der Waals surface area (Å²) in [5, 5.41) is 0. The van der Waals surface area contributed by atoms with Crippen molar-refractivity contribution in [3.63, 3.8) is 0 Å². The van der Waals surface area contributed by atoms with E-state index in [9.17, 15) is 0 Å². The van der Waals surface area contributed by atoms with Crippen molar-refractivity contribution in [2.24, 2.45) is 0 Å². The van der Waals surface area contributed by atoms with E-state index in [0.29, 0.717) is 0 Å². The van der Waals surface area contributed by atoms with Gasteiger partial charge in [-0.15, -0.1) is 0 Å². The van der Waals surface area contributed by atoms with Crippen LogP contribution in [0.4, 0.5) is 34.1 Å². The zero-order valence-electron chi connectivity index (χ0n) is 34.3. The smallest absolute Gasteiger partial charge is 0.256 e. The van der Waals surface area contributed by atoms with Gasteiger partial charge in [-0.1, -0.05) is 134 Å². The maximum Gasteiger partial charge on any atom is 0.256 e. The van der Waals surface area contributed by atoms with Crippen LogP contribution in [0.5, 0.6) is 11.5 Å². The van der Waals surface area contributed by atoms with E-state index in [0.717, 1.165) is 34.2 Å². The number of benzene rings is 7. The lowest BCUT2D eigenvalue weighted by atomic mass is 9.33. The van der Waals surface area contributed by atoms with Crippen LogP contribution in [0.1, 0.15) is 77.6 Å². The molecule has 7 aromatic carbocycles. The van der Waals surface area contributed by atoms with Crippen molar-refractivity contribution in [1.29, 1.82) is 0 Å². The Balaban J connectivity index is 1.14. The van der Waals surface area contributed by atoms with E-state index in [2.05, 4.69) is 217 Å². The van der Waals surface area contributed by atoms with Gasteiger partial charge in [0.15, 0.2) is 0 Å². The SMILES string of the molecule is CC(C)(C)c1ccc(N2c3ccc(C(C)(C)C)cc3B3c4cc5c(cc4Oc4cccc2c43)-c2ccc(N(c3ccccc3)c3ccccc3)cc2C5(C)C)cc1. The van der Waals surface area contributed by atoms with E-state index < -0.39 is 0 Å². The highest BCUT2D eigenvalue weighted by molar-refractivity contribution is 6.99. The first-order valence-electron chi connectivity index (χ1n) is 20.4. The van der Waals surface area contributed by atoms with Crippen LogP contribution in [-0.2, 0) is 16.2 Å². The molecule has 0 fully saturated rings. The molecule has 0 atom stereocenters. The molecule has 0 aromatic heterocycles. The van der Waals surface area contributed by atoms with Gasteiger partial charge in [-0.2, -0.15) is 0 Å². The number of fused-ring (bicyclic) bond motifs is 7. The number of hydrogen-bond acceptors (Lipinski definition) is 3. The molecule has 0 saturated heterocycles. The van der Waals surface area contributed by atoms with Crippen LogP contribution in [0.15, 0.2) is 152 Å². The molecule has 2 heterocycles. The third-order valence-corrected chi connectivity index (χ3v) is 12.6. The van der Waals surface area contributed by atoms with E-state index in [1.54, 1.807) is 0 Å². The Bertz CT molecular complexity index is 2660. The molecule has 3 aliphatic rings. The molecule has 2 aliphatic heterocycles. The van der Waals surface area contributed by atoms with Crippen molar-refractivity contribution in [3.8, 4) is 22.6 Å². The van der Waals surface area contributed by atoms with E-state index >= 15 is 0 Å². The first kappa shape index (κ1) is 35.4. The van der Waals surface area contributed by atoms with Crippen molar-refractivity contribution < 1.29 is 4.74 Å². The molecule has 0 bridgehead atoms. The van der Waals surface area contributed by atoms with E-state index in [1.165, 1.54) is 61.1 Å². The maximum atomic E-state index is 7.04. The molecule has 0 amide bonds. The number of para-hydroxylation sites is 2. The quantitative estimate of drug-likeness (QED) is 0.167. The number of nitrogens with zero attached hydrogens (tertiary/aromatic N) is 2. The molecule has 7 aromatic rings. The Labute approximate surface area is 338 Å². The molecular formula is C53H49BN2O. The number of anilines is 6. The Kier molecular flexibility index (Phi) is 7.77. The zero-order valence-corrected chi connectivity index (χ0v) is 34.3. The molecule has 280 valence electrons. The Morgan fingerprint density at radius 1 is 0.509 bits per heavy atom. The first-order valence-corrected chi connectivity index (χ1v) is 20.4. The van der Waals surface area contributed by atoms with Gasteiger partial charge in [-0.25, -0.2) is 0 Å². The average molecular weight is 741 g/mol. The lowest BCUT2D eigenvalue weighted by Crippen LogP contribution is -2.59.